The molecule has 6 atom stereocenters. The zero-order valence-electron chi connectivity index (χ0n) is 9.28. The molecule has 3 aliphatic rings. The van der Waals surface area contributed by atoms with Crippen LogP contribution in [0.25, 0.3) is 0 Å². The highest BCUT2D eigenvalue weighted by Crippen LogP contribution is 2.51. The second kappa shape index (κ2) is 3.23. The second-order valence-corrected chi connectivity index (χ2v) is 6.21. The molecule has 80 valence electrons. The summed E-state index contributed by atoms with van der Waals surface area (Å²) < 4.78 is 0. The first-order valence-electron chi connectivity index (χ1n) is 6.49. The van der Waals surface area contributed by atoms with Gasteiger partial charge in [-0.25, -0.2) is 0 Å². The van der Waals surface area contributed by atoms with Crippen LogP contribution in [-0.2, 0) is 0 Å². The van der Waals surface area contributed by atoms with Gasteiger partial charge < -0.3 is 5.73 Å². The highest BCUT2D eigenvalue weighted by Gasteiger charge is 2.43. The maximum Gasteiger partial charge on any atom is 0.00725 e. The lowest BCUT2D eigenvalue weighted by Gasteiger charge is -2.24. The summed E-state index contributed by atoms with van der Waals surface area (Å²) in [6.45, 7) is 2.35. The zero-order chi connectivity index (χ0) is 9.71. The molecule has 0 radical (unpaired) electrons. The van der Waals surface area contributed by atoms with Gasteiger partial charge in [0.2, 0.25) is 0 Å². The predicted molar refractivity (Wildman–Crippen MR) is 58.8 cm³/mol. The average Bonchev–Trinajstić information content (AvgIpc) is 2.62. The molecule has 0 saturated heterocycles. The van der Waals surface area contributed by atoms with Crippen molar-refractivity contribution in [3.63, 3.8) is 0 Å². The predicted octanol–water partition coefficient (Wildman–Crippen LogP) is 2.80. The number of rotatable bonds is 3. The summed E-state index contributed by atoms with van der Waals surface area (Å²) >= 11 is 0. The fraction of sp³-hybridized carbons (Fsp3) is 1.00. The Labute approximate surface area is 87.4 Å². The van der Waals surface area contributed by atoms with Crippen LogP contribution in [0.2, 0.25) is 0 Å². The summed E-state index contributed by atoms with van der Waals surface area (Å²) in [6.07, 6.45) is 8.84. The molecule has 1 heteroatoms. The number of hydrogen-bond acceptors (Lipinski definition) is 1. The first kappa shape index (κ1) is 9.21. The van der Waals surface area contributed by atoms with Crippen LogP contribution >= 0.6 is 0 Å². The average molecular weight is 193 g/mol. The smallest absolute Gasteiger partial charge is 0.00725 e. The van der Waals surface area contributed by atoms with Crippen molar-refractivity contribution in [3.05, 3.63) is 0 Å². The Balaban J connectivity index is 1.53. The minimum Gasteiger partial charge on any atom is -0.327 e. The van der Waals surface area contributed by atoms with Crippen molar-refractivity contribution in [2.75, 3.05) is 0 Å². The first-order valence-corrected chi connectivity index (χ1v) is 6.49. The maximum atomic E-state index is 6.28. The Morgan fingerprint density at radius 3 is 2.50 bits per heavy atom. The summed E-state index contributed by atoms with van der Waals surface area (Å²) in [5.74, 6) is 4.99. The zero-order valence-corrected chi connectivity index (χ0v) is 9.28. The maximum absolute atomic E-state index is 6.28. The Bertz CT molecular complexity index is 225. The molecule has 0 amide bonds. The molecular weight excluding hydrogens is 170 g/mol. The largest absolute Gasteiger partial charge is 0.327 e. The van der Waals surface area contributed by atoms with Gasteiger partial charge in [0.05, 0.1) is 0 Å². The molecule has 0 heterocycles. The molecule has 0 aromatic heterocycles. The standard InChI is InChI=1S/C13H23N/c1-8-4-12(8)13(14)7-11-6-9-2-3-10(11)5-9/h8-13H,2-7,14H2,1H3. The molecule has 6 unspecified atom stereocenters. The molecule has 0 aliphatic heterocycles. The lowest BCUT2D eigenvalue weighted by molar-refractivity contribution is 0.284. The van der Waals surface area contributed by atoms with E-state index in [9.17, 15) is 0 Å². The van der Waals surface area contributed by atoms with Crippen molar-refractivity contribution >= 4 is 0 Å². The minimum absolute atomic E-state index is 0.536. The third-order valence-corrected chi connectivity index (χ3v) is 5.18. The molecule has 2 N–H and O–H groups in total. The van der Waals surface area contributed by atoms with E-state index in [0.29, 0.717) is 6.04 Å². The molecule has 3 fully saturated rings. The van der Waals surface area contributed by atoms with Gasteiger partial charge >= 0.3 is 0 Å². The summed E-state index contributed by atoms with van der Waals surface area (Å²) in [5, 5.41) is 0. The molecular formula is C13H23N. The summed E-state index contributed by atoms with van der Waals surface area (Å²) in [6, 6.07) is 0.536. The molecule has 0 spiro atoms. The van der Waals surface area contributed by atoms with Crippen LogP contribution in [0.4, 0.5) is 0 Å². The van der Waals surface area contributed by atoms with Gasteiger partial charge in [-0.15, -0.1) is 0 Å². The number of nitrogens with two attached hydrogens (primary N) is 1. The van der Waals surface area contributed by atoms with Crippen LogP contribution in [0.1, 0.15) is 45.4 Å². The van der Waals surface area contributed by atoms with Crippen LogP contribution in [0, 0.1) is 29.6 Å². The van der Waals surface area contributed by atoms with Crippen LogP contribution in [-0.4, -0.2) is 6.04 Å². The molecule has 3 saturated carbocycles. The van der Waals surface area contributed by atoms with E-state index in [1.54, 1.807) is 0 Å². The van der Waals surface area contributed by atoms with E-state index in [4.69, 9.17) is 5.73 Å². The van der Waals surface area contributed by atoms with E-state index in [2.05, 4.69) is 6.92 Å². The van der Waals surface area contributed by atoms with Crippen LogP contribution in [0.3, 0.4) is 0 Å². The Morgan fingerprint density at radius 1 is 1.21 bits per heavy atom. The van der Waals surface area contributed by atoms with E-state index >= 15 is 0 Å². The van der Waals surface area contributed by atoms with Gasteiger partial charge in [0, 0.05) is 6.04 Å². The van der Waals surface area contributed by atoms with E-state index < -0.39 is 0 Å². The molecule has 3 rings (SSSR count). The van der Waals surface area contributed by atoms with E-state index in [-0.39, 0.29) is 0 Å². The van der Waals surface area contributed by atoms with Crippen molar-refractivity contribution in [1.29, 1.82) is 0 Å². The third-order valence-electron chi connectivity index (χ3n) is 5.18. The van der Waals surface area contributed by atoms with Gasteiger partial charge in [-0.05, 0) is 61.7 Å². The molecule has 2 bridgehead atoms. The molecule has 0 aromatic rings. The second-order valence-electron chi connectivity index (χ2n) is 6.21. The first-order chi connectivity index (χ1) is 6.74. The Morgan fingerprint density at radius 2 is 2.00 bits per heavy atom. The molecule has 3 aliphatic carbocycles. The van der Waals surface area contributed by atoms with Gasteiger partial charge in [0.1, 0.15) is 0 Å². The monoisotopic (exact) mass is 193 g/mol. The number of fused-ring (bicyclic) bond motifs is 2. The van der Waals surface area contributed by atoms with Crippen molar-refractivity contribution in [1.82, 2.24) is 0 Å². The van der Waals surface area contributed by atoms with Gasteiger partial charge in [0.25, 0.3) is 0 Å². The van der Waals surface area contributed by atoms with Gasteiger partial charge in [-0.1, -0.05) is 13.3 Å². The minimum atomic E-state index is 0.536. The summed E-state index contributed by atoms with van der Waals surface area (Å²) in [4.78, 5) is 0. The summed E-state index contributed by atoms with van der Waals surface area (Å²) in [7, 11) is 0. The van der Waals surface area contributed by atoms with Crippen LogP contribution in [0.15, 0.2) is 0 Å². The fourth-order valence-corrected chi connectivity index (χ4v) is 4.14. The molecule has 14 heavy (non-hydrogen) atoms. The number of hydrogen-bond donors (Lipinski definition) is 1. The molecule has 0 aromatic carbocycles. The SMILES string of the molecule is CC1CC1C(N)CC1CC2CCC1C2. The van der Waals surface area contributed by atoms with Gasteiger partial charge in [0.15, 0.2) is 0 Å². The molecule has 1 nitrogen and oxygen atoms in total. The fourth-order valence-electron chi connectivity index (χ4n) is 4.14. The Hall–Kier alpha value is -0.0400. The van der Waals surface area contributed by atoms with Crippen LogP contribution in [0.5, 0.6) is 0 Å². The van der Waals surface area contributed by atoms with E-state index in [1.807, 2.05) is 0 Å². The van der Waals surface area contributed by atoms with E-state index in [1.165, 1.54) is 38.5 Å². The normalized spacial score (nSPS) is 52.3. The Kier molecular flexibility index (Phi) is 2.12. The topological polar surface area (TPSA) is 26.0 Å². The summed E-state index contributed by atoms with van der Waals surface area (Å²) in [5.41, 5.74) is 6.28. The van der Waals surface area contributed by atoms with E-state index in [0.717, 1.165) is 29.6 Å². The van der Waals surface area contributed by atoms with Crippen molar-refractivity contribution in [2.45, 2.75) is 51.5 Å². The van der Waals surface area contributed by atoms with Crippen molar-refractivity contribution in [3.8, 4) is 0 Å². The third kappa shape index (κ3) is 1.50. The lowest BCUT2D eigenvalue weighted by Crippen LogP contribution is -2.28. The lowest BCUT2D eigenvalue weighted by atomic mass is 9.83. The van der Waals surface area contributed by atoms with Crippen LogP contribution < -0.4 is 5.73 Å². The van der Waals surface area contributed by atoms with Gasteiger partial charge in [-0.3, -0.25) is 0 Å². The van der Waals surface area contributed by atoms with Gasteiger partial charge in [-0.2, -0.15) is 0 Å². The highest BCUT2D eigenvalue weighted by molar-refractivity contribution is 4.96. The van der Waals surface area contributed by atoms with Crippen molar-refractivity contribution < 1.29 is 0 Å². The highest BCUT2D eigenvalue weighted by atomic mass is 14.7. The van der Waals surface area contributed by atoms with Crippen molar-refractivity contribution in [2.24, 2.45) is 35.3 Å². The quantitative estimate of drug-likeness (QED) is 0.733.